The van der Waals surface area contributed by atoms with Gasteiger partial charge in [0.1, 0.15) is 5.75 Å². The second kappa shape index (κ2) is 11.3. The Morgan fingerprint density at radius 2 is 1.64 bits per heavy atom. The van der Waals surface area contributed by atoms with Crippen LogP contribution in [0.5, 0.6) is 5.75 Å². The van der Waals surface area contributed by atoms with Gasteiger partial charge >= 0.3 is 12.6 Å². The zero-order valence-electron chi connectivity index (χ0n) is 15.3. The molecular weight excluding hydrogens is 388 g/mol. The highest BCUT2D eigenvalue weighted by Gasteiger charge is 2.17. The number of nitrogens with one attached hydrogen (secondary N) is 1. The standard InChI is InChI=1S/C20H21F2NO4S/c1-2-26-18(25)13-28-12-17(24)23-19(14-6-4-3-5-7-14)15-8-10-16(11-9-15)27-20(21)22/h3-11,19-20H,2,12-13H2,1H3,(H,23,24)/t19-/m1/s1. The molecule has 2 aromatic carbocycles. The molecule has 0 saturated heterocycles. The number of rotatable bonds is 10. The van der Waals surface area contributed by atoms with E-state index in [-0.39, 0.29) is 29.1 Å². The van der Waals surface area contributed by atoms with Crippen LogP contribution in [0.4, 0.5) is 8.78 Å². The summed E-state index contributed by atoms with van der Waals surface area (Å²) in [5.74, 6) is -0.390. The maximum Gasteiger partial charge on any atom is 0.387 e. The topological polar surface area (TPSA) is 64.6 Å². The number of halogens is 2. The van der Waals surface area contributed by atoms with Gasteiger partial charge in [-0.05, 0) is 30.2 Å². The number of thioether (sulfide) groups is 1. The highest BCUT2D eigenvalue weighted by molar-refractivity contribution is 8.00. The van der Waals surface area contributed by atoms with E-state index in [0.717, 1.165) is 22.9 Å². The number of benzene rings is 2. The molecule has 0 aliphatic heterocycles. The average molecular weight is 409 g/mol. The van der Waals surface area contributed by atoms with Crippen LogP contribution in [-0.2, 0) is 14.3 Å². The van der Waals surface area contributed by atoms with E-state index in [1.165, 1.54) is 12.1 Å². The molecule has 1 N–H and O–H groups in total. The zero-order chi connectivity index (χ0) is 20.4. The Morgan fingerprint density at radius 1 is 1.00 bits per heavy atom. The van der Waals surface area contributed by atoms with Crippen molar-refractivity contribution in [3.8, 4) is 5.75 Å². The van der Waals surface area contributed by atoms with Gasteiger partial charge in [0, 0.05) is 0 Å². The third kappa shape index (κ3) is 7.19. The first kappa shape index (κ1) is 21.7. The van der Waals surface area contributed by atoms with Gasteiger partial charge in [-0.1, -0.05) is 42.5 Å². The molecule has 0 heterocycles. The third-order valence-electron chi connectivity index (χ3n) is 3.64. The molecular formula is C20H21F2NO4S. The quantitative estimate of drug-likeness (QED) is 0.605. The normalized spacial score (nSPS) is 11.7. The Morgan fingerprint density at radius 3 is 2.25 bits per heavy atom. The molecule has 0 bridgehead atoms. The lowest BCUT2D eigenvalue weighted by Crippen LogP contribution is -2.31. The van der Waals surface area contributed by atoms with Crippen molar-refractivity contribution < 1.29 is 27.8 Å². The van der Waals surface area contributed by atoms with Gasteiger partial charge in [-0.2, -0.15) is 8.78 Å². The van der Waals surface area contributed by atoms with Gasteiger partial charge in [-0.15, -0.1) is 11.8 Å². The molecule has 5 nitrogen and oxygen atoms in total. The van der Waals surface area contributed by atoms with E-state index in [9.17, 15) is 18.4 Å². The van der Waals surface area contributed by atoms with E-state index in [1.807, 2.05) is 30.3 Å². The van der Waals surface area contributed by atoms with E-state index in [4.69, 9.17) is 4.74 Å². The predicted molar refractivity (Wildman–Crippen MR) is 103 cm³/mol. The van der Waals surface area contributed by atoms with Crippen molar-refractivity contribution in [3.63, 3.8) is 0 Å². The summed E-state index contributed by atoms with van der Waals surface area (Å²) >= 11 is 1.16. The van der Waals surface area contributed by atoms with E-state index >= 15 is 0 Å². The Labute approximate surface area is 166 Å². The lowest BCUT2D eigenvalue weighted by atomic mass is 9.98. The molecule has 1 amide bonds. The van der Waals surface area contributed by atoms with Crippen molar-refractivity contribution in [2.75, 3.05) is 18.1 Å². The number of carbonyl (C=O) groups is 2. The maximum absolute atomic E-state index is 12.3. The number of carbonyl (C=O) groups excluding carboxylic acids is 2. The van der Waals surface area contributed by atoms with Crippen LogP contribution >= 0.6 is 11.8 Å². The van der Waals surface area contributed by atoms with Gasteiger partial charge < -0.3 is 14.8 Å². The molecule has 0 aromatic heterocycles. The summed E-state index contributed by atoms with van der Waals surface area (Å²) in [5, 5.41) is 2.91. The van der Waals surface area contributed by atoms with Crippen LogP contribution in [0, 0.1) is 0 Å². The molecule has 1 atom stereocenters. The smallest absolute Gasteiger partial charge is 0.387 e. The predicted octanol–water partition coefficient (Wildman–Crippen LogP) is 3.79. The van der Waals surface area contributed by atoms with Crippen LogP contribution in [-0.4, -0.2) is 36.6 Å². The van der Waals surface area contributed by atoms with Crippen LogP contribution < -0.4 is 10.1 Å². The number of amides is 1. The fourth-order valence-corrected chi connectivity index (χ4v) is 3.10. The van der Waals surface area contributed by atoms with Crippen molar-refractivity contribution in [1.29, 1.82) is 0 Å². The molecule has 0 unspecified atom stereocenters. The summed E-state index contributed by atoms with van der Waals surface area (Å²) in [6.45, 7) is -0.878. The van der Waals surface area contributed by atoms with Crippen molar-refractivity contribution in [1.82, 2.24) is 5.32 Å². The number of esters is 1. The summed E-state index contributed by atoms with van der Waals surface area (Å²) < 4.78 is 33.8. The zero-order valence-corrected chi connectivity index (χ0v) is 16.1. The molecule has 2 rings (SSSR count). The Balaban J connectivity index is 2.06. The highest BCUT2D eigenvalue weighted by Crippen LogP contribution is 2.25. The summed E-state index contributed by atoms with van der Waals surface area (Å²) in [5.41, 5.74) is 1.56. The van der Waals surface area contributed by atoms with Gasteiger partial charge in [0.25, 0.3) is 0 Å². The van der Waals surface area contributed by atoms with Crippen molar-refractivity contribution in [2.45, 2.75) is 19.6 Å². The molecule has 28 heavy (non-hydrogen) atoms. The molecule has 0 spiro atoms. The van der Waals surface area contributed by atoms with E-state index in [2.05, 4.69) is 10.1 Å². The van der Waals surface area contributed by atoms with Crippen LogP contribution in [0.2, 0.25) is 0 Å². The number of hydrogen-bond acceptors (Lipinski definition) is 5. The SMILES string of the molecule is CCOC(=O)CSCC(=O)N[C@H](c1ccccc1)c1ccc(OC(F)F)cc1. The number of hydrogen-bond donors (Lipinski definition) is 1. The van der Waals surface area contributed by atoms with Gasteiger partial charge in [-0.3, -0.25) is 9.59 Å². The Kier molecular flexibility index (Phi) is 8.74. The van der Waals surface area contributed by atoms with E-state index < -0.39 is 12.7 Å². The fraction of sp³-hybridized carbons (Fsp3) is 0.300. The summed E-state index contributed by atoms with van der Waals surface area (Å²) in [4.78, 5) is 23.7. The van der Waals surface area contributed by atoms with Crippen LogP contribution in [0.1, 0.15) is 24.1 Å². The lowest BCUT2D eigenvalue weighted by Gasteiger charge is -2.20. The van der Waals surface area contributed by atoms with Gasteiger partial charge in [0.05, 0.1) is 24.2 Å². The molecule has 0 saturated carbocycles. The number of ether oxygens (including phenoxy) is 2. The summed E-state index contributed by atoms with van der Waals surface area (Å²) in [7, 11) is 0. The monoisotopic (exact) mass is 409 g/mol. The second-order valence-corrected chi connectivity index (χ2v) is 6.64. The third-order valence-corrected chi connectivity index (χ3v) is 4.54. The van der Waals surface area contributed by atoms with Gasteiger partial charge in [-0.25, -0.2) is 0 Å². The first-order chi connectivity index (χ1) is 13.5. The maximum atomic E-state index is 12.3. The number of alkyl halides is 2. The van der Waals surface area contributed by atoms with Crippen LogP contribution in [0.15, 0.2) is 54.6 Å². The minimum Gasteiger partial charge on any atom is -0.465 e. The molecule has 8 heteroatoms. The Bertz CT molecular complexity index is 757. The molecule has 0 aliphatic rings. The highest BCUT2D eigenvalue weighted by atomic mass is 32.2. The molecule has 0 radical (unpaired) electrons. The van der Waals surface area contributed by atoms with Crippen LogP contribution in [0.3, 0.4) is 0 Å². The first-order valence-electron chi connectivity index (χ1n) is 8.62. The molecule has 2 aromatic rings. The molecule has 0 aliphatic carbocycles. The lowest BCUT2D eigenvalue weighted by molar-refractivity contribution is -0.139. The van der Waals surface area contributed by atoms with Crippen molar-refractivity contribution in [3.05, 3.63) is 65.7 Å². The minimum atomic E-state index is -2.90. The van der Waals surface area contributed by atoms with Gasteiger partial charge in [0.15, 0.2) is 0 Å². The first-order valence-corrected chi connectivity index (χ1v) is 9.77. The minimum absolute atomic E-state index is 0.0434. The largest absolute Gasteiger partial charge is 0.465 e. The van der Waals surface area contributed by atoms with E-state index in [0.29, 0.717) is 6.61 Å². The van der Waals surface area contributed by atoms with Crippen molar-refractivity contribution >= 4 is 23.6 Å². The van der Waals surface area contributed by atoms with Gasteiger partial charge in [0.2, 0.25) is 5.91 Å². The second-order valence-electron chi connectivity index (χ2n) is 5.66. The summed E-state index contributed by atoms with van der Waals surface area (Å²) in [6, 6.07) is 14.9. The van der Waals surface area contributed by atoms with Crippen molar-refractivity contribution in [2.24, 2.45) is 0 Å². The molecule has 0 fully saturated rings. The fourth-order valence-electron chi connectivity index (χ4n) is 2.48. The Hall–Kier alpha value is -2.61. The summed E-state index contributed by atoms with van der Waals surface area (Å²) in [6.07, 6.45) is 0. The van der Waals surface area contributed by atoms with Crippen LogP contribution in [0.25, 0.3) is 0 Å². The molecule has 150 valence electrons. The van der Waals surface area contributed by atoms with E-state index in [1.54, 1.807) is 19.1 Å². The average Bonchev–Trinajstić information content (AvgIpc) is 2.67.